The molecule has 1 saturated carbocycles. The molecule has 1 atom stereocenters. The molecule has 0 aromatic heterocycles. The Bertz CT molecular complexity index is 418. The molecule has 1 amide bonds. The fourth-order valence-corrected chi connectivity index (χ4v) is 2.89. The number of hydrogen-bond acceptors (Lipinski definition) is 1. The van der Waals surface area contributed by atoms with Gasteiger partial charge in [0.2, 0.25) is 5.91 Å². The van der Waals surface area contributed by atoms with Gasteiger partial charge >= 0.3 is 0 Å². The van der Waals surface area contributed by atoms with Gasteiger partial charge in [-0.2, -0.15) is 0 Å². The van der Waals surface area contributed by atoms with E-state index in [1.54, 1.807) is 0 Å². The van der Waals surface area contributed by atoms with Gasteiger partial charge in [0.15, 0.2) is 0 Å². The van der Waals surface area contributed by atoms with Crippen LogP contribution in [-0.4, -0.2) is 11.9 Å². The van der Waals surface area contributed by atoms with Crippen LogP contribution in [0.3, 0.4) is 0 Å². The van der Waals surface area contributed by atoms with Gasteiger partial charge in [0.25, 0.3) is 0 Å². The smallest absolute Gasteiger partial charge is 0.230 e. The summed E-state index contributed by atoms with van der Waals surface area (Å²) in [6, 6.07) is 10.5. The fourth-order valence-electron chi connectivity index (χ4n) is 2.89. The van der Waals surface area contributed by atoms with E-state index in [0.29, 0.717) is 5.92 Å². The van der Waals surface area contributed by atoms with Crippen LogP contribution in [0.1, 0.15) is 52.0 Å². The summed E-state index contributed by atoms with van der Waals surface area (Å²) < 4.78 is 0. The summed E-state index contributed by atoms with van der Waals surface area (Å²) in [6.45, 7) is 6.39. The lowest BCUT2D eigenvalue weighted by Crippen LogP contribution is -2.47. The minimum Gasteiger partial charge on any atom is -0.353 e. The minimum atomic E-state index is -0.287. The highest BCUT2D eigenvalue weighted by Crippen LogP contribution is 2.41. The zero-order valence-corrected chi connectivity index (χ0v) is 12.3. The van der Waals surface area contributed by atoms with Crippen LogP contribution in [0.4, 0.5) is 0 Å². The van der Waals surface area contributed by atoms with E-state index < -0.39 is 0 Å². The Balaban J connectivity index is 2.23. The largest absolute Gasteiger partial charge is 0.353 e. The van der Waals surface area contributed by atoms with Gasteiger partial charge in [0.1, 0.15) is 0 Å². The van der Waals surface area contributed by atoms with Crippen molar-refractivity contribution >= 4 is 5.91 Å². The standard InChI is InChI=1S/C17H25NO/c1-13(2)14(3)18-16(19)17(11-7-8-12-17)15-9-5-4-6-10-15/h4-6,9-10,13-14H,7-8,11-12H2,1-3H3,(H,18,19). The lowest BCUT2D eigenvalue weighted by atomic mass is 9.77. The van der Waals surface area contributed by atoms with Crippen molar-refractivity contribution in [3.63, 3.8) is 0 Å². The van der Waals surface area contributed by atoms with Crippen LogP contribution in [0.15, 0.2) is 30.3 Å². The highest BCUT2D eigenvalue weighted by Gasteiger charge is 2.42. The number of benzene rings is 1. The first kappa shape index (κ1) is 14.1. The summed E-state index contributed by atoms with van der Waals surface area (Å²) in [5.41, 5.74) is 0.894. The Morgan fingerprint density at radius 1 is 1.11 bits per heavy atom. The van der Waals surface area contributed by atoms with E-state index in [1.807, 2.05) is 18.2 Å². The molecule has 2 rings (SSSR count). The van der Waals surface area contributed by atoms with Crippen molar-refractivity contribution in [2.24, 2.45) is 5.92 Å². The monoisotopic (exact) mass is 259 g/mol. The topological polar surface area (TPSA) is 29.1 Å². The second-order valence-corrected chi connectivity index (χ2v) is 6.16. The van der Waals surface area contributed by atoms with Crippen LogP contribution in [0.25, 0.3) is 0 Å². The molecule has 1 aliphatic rings. The van der Waals surface area contributed by atoms with Crippen molar-refractivity contribution in [1.82, 2.24) is 5.32 Å². The van der Waals surface area contributed by atoms with Crippen LogP contribution < -0.4 is 5.32 Å². The van der Waals surface area contributed by atoms with E-state index in [9.17, 15) is 4.79 Å². The zero-order valence-electron chi connectivity index (χ0n) is 12.3. The second-order valence-electron chi connectivity index (χ2n) is 6.16. The Labute approximate surface area is 116 Å². The minimum absolute atomic E-state index is 0.220. The molecule has 0 saturated heterocycles. The number of rotatable bonds is 4. The summed E-state index contributed by atoms with van der Waals surface area (Å²) in [5, 5.41) is 3.22. The highest BCUT2D eigenvalue weighted by molar-refractivity contribution is 5.88. The van der Waals surface area contributed by atoms with E-state index in [2.05, 4.69) is 38.2 Å². The van der Waals surface area contributed by atoms with Crippen LogP contribution in [-0.2, 0) is 10.2 Å². The van der Waals surface area contributed by atoms with Crippen LogP contribution in [0.5, 0.6) is 0 Å². The Hall–Kier alpha value is -1.31. The van der Waals surface area contributed by atoms with Crippen LogP contribution >= 0.6 is 0 Å². The average molecular weight is 259 g/mol. The van der Waals surface area contributed by atoms with Crippen LogP contribution in [0.2, 0.25) is 0 Å². The maximum atomic E-state index is 12.8. The molecule has 1 fully saturated rings. The molecule has 0 spiro atoms. The Morgan fingerprint density at radius 2 is 1.68 bits per heavy atom. The molecule has 1 aromatic rings. The molecule has 1 N–H and O–H groups in total. The number of nitrogens with one attached hydrogen (secondary N) is 1. The van der Waals surface area contributed by atoms with Crippen molar-refractivity contribution in [3.8, 4) is 0 Å². The van der Waals surface area contributed by atoms with Crippen molar-refractivity contribution in [1.29, 1.82) is 0 Å². The first-order valence-corrected chi connectivity index (χ1v) is 7.43. The van der Waals surface area contributed by atoms with Crippen molar-refractivity contribution < 1.29 is 4.79 Å². The van der Waals surface area contributed by atoms with E-state index in [-0.39, 0.29) is 17.4 Å². The molecular formula is C17H25NO. The summed E-state index contributed by atoms with van der Waals surface area (Å²) >= 11 is 0. The third-order valence-electron chi connectivity index (χ3n) is 4.58. The number of carbonyl (C=O) groups is 1. The Kier molecular flexibility index (Phi) is 4.28. The molecule has 1 aromatic carbocycles. The normalized spacial score (nSPS) is 19.4. The van der Waals surface area contributed by atoms with Crippen molar-refractivity contribution in [2.45, 2.75) is 57.9 Å². The molecule has 1 unspecified atom stereocenters. The van der Waals surface area contributed by atoms with E-state index in [0.717, 1.165) is 25.7 Å². The van der Waals surface area contributed by atoms with Gasteiger partial charge in [0.05, 0.1) is 5.41 Å². The Morgan fingerprint density at radius 3 is 2.21 bits per heavy atom. The summed E-state index contributed by atoms with van der Waals surface area (Å²) in [6.07, 6.45) is 4.26. The predicted molar refractivity (Wildman–Crippen MR) is 79.0 cm³/mol. The van der Waals surface area contributed by atoms with Gasteiger partial charge in [-0.05, 0) is 31.2 Å². The molecule has 0 radical (unpaired) electrons. The van der Waals surface area contributed by atoms with Gasteiger partial charge in [-0.1, -0.05) is 57.0 Å². The molecule has 19 heavy (non-hydrogen) atoms. The molecule has 2 nitrogen and oxygen atoms in total. The summed E-state index contributed by atoms with van der Waals surface area (Å²) in [5.74, 6) is 0.690. The molecule has 0 heterocycles. The van der Waals surface area contributed by atoms with E-state index >= 15 is 0 Å². The molecule has 104 valence electrons. The van der Waals surface area contributed by atoms with Crippen LogP contribution in [0, 0.1) is 5.92 Å². The van der Waals surface area contributed by atoms with E-state index in [4.69, 9.17) is 0 Å². The molecule has 0 aliphatic heterocycles. The fraction of sp³-hybridized carbons (Fsp3) is 0.588. The maximum absolute atomic E-state index is 12.8. The first-order valence-electron chi connectivity index (χ1n) is 7.43. The molecule has 2 heteroatoms. The van der Waals surface area contributed by atoms with Gasteiger partial charge in [-0.15, -0.1) is 0 Å². The summed E-state index contributed by atoms with van der Waals surface area (Å²) in [7, 11) is 0. The average Bonchev–Trinajstić information content (AvgIpc) is 2.90. The molecule has 1 aliphatic carbocycles. The SMILES string of the molecule is CC(C)C(C)NC(=O)C1(c2ccccc2)CCCC1. The number of hydrogen-bond donors (Lipinski definition) is 1. The number of carbonyl (C=O) groups excluding carboxylic acids is 1. The molecule has 0 bridgehead atoms. The van der Waals surface area contributed by atoms with E-state index in [1.165, 1.54) is 5.56 Å². The van der Waals surface area contributed by atoms with Gasteiger partial charge in [0, 0.05) is 6.04 Å². The molecular weight excluding hydrogens is 234 g/mol. The van der Waals surface area contributed by atoms with Gasteiger partial charge < -0.3 is 5.32 Å². The highest BCUT2D eigenvalue weighted by atomic mass is 16.2. The lowest BCUT2D eigenvalue weighted by Gasteiger charge is -2.31. The predicted octanol–water partition coefficient (Wildman–Crippen LogP) is 3.66. The third kappa shape index (κ3) is 2.83. The lowest BCUT2D eigenvalue weighted by molar-refractivity contribution is -0.127. The van der Waals surface area contributed by atoms with Gasteiger partial charge in [-0.25, -0.2) is 0 Å². The maximum Gasteiger partial charge on any atom is 0.230 e. The van der Waals surface area contributed by atoms with Gasteiger partial charge in [-0.3, -0.25) is 4.79 Å². The first-order chi connectivity index (χ1) is 9.06. The van der Waals surface area contributed by atoms with Crippen molar-refractivity contribution in [2.75, 3.05) is 0 Å². The van der Waals surface area contributed by atoms with Crippen molar-refractivity contribution in [3.05, 3.63) is 35.9 Å². The zero-order chi connectivity index (χ0) is 13.9. The summed E-state index contributed by atoms with van der Waals surface area (Å²) in [4.78, 5) is 12.8. The number of amides is 1. The third-order valence-corrected chi connectivity index (χ3v) is 4.58. The second kappa shape index (κ2) is 5.77. The quantitative estimate of drug-likeness (QED) is 0.878.